The SMILES string of the molecule is CC(C)(C)C(=O)SCCOP(=O)(OCCSC(=O)C(C)(C)C)OCC1(Cc2c[nH]c3c(N)ncnc23)CCC1. The van der Waals surface area contributed by atoms with E-state index < -0.39 is 18.7 Å². The number of phosphoric ester groups is 1. The number of hydrogen-bond acceptors (Lipinski definition) is 11. The fourth-order valence-corrected chi connectivity index (χ4v) is 7.03. The van der Waals surface area contributed by atoms with Crippen molar-refractivity contribution in [2.24, 2.45) is 16.2 Å². The molecule has 0 amide bonds. The molecule has 13 heteroatoms. The van der Waals surface area contributed by atoms with Crippen molar-refractivity contribution >= 4 is 58.4 Å². The van der Waals surface area contributed by atoms with E-state index in [0.717, 1.165) is 53.9 Å². The quantitative estimate of drug-likeness (QED) is 0.205. The summed E-state index contributed by atoms with van der Waals surface area (Å²) in [7, 11) is -3.94. The summed E-state index contributed by atoms with van der Waals surface area (Å²) in [6.07, 6.45) is 6.81. The van der Waals surface area contributed by atoms with E-state index in [2.05, 4.69) is 15.0 Å². The van der Waals surface area contributed by atoms with Crippen LogP contribution in [0.1, 0.15) is 66.4 Å². The van der Waals surface area contributed by atoms with Gasteiger partial charge in [-0.2, -0.15) is 0 Å². The van der Waals surface area contributed by atoms with Gasteiger partial charge in [0, 0.05) is 28.5 Å². The Morgan fingerprint density at radius 1 is 1.00 bits per heavy atom. The van der Waals surface area contributed by atoms with Gasteiger partial charge in [0.1, 0.15) is 11.8 Å². The first-order valence-corrected chi connectivity index (χ1v) is 16.5. The van der Waals surface area contributed by atoms with Gasteiger partial charge in [-0.1, -0.05) is 71.5 Å². The number of nitrogen functional groups attached to an aromatic ring is 1. The van der Waals surface area contributed by atoms with Crippen LogP contribution >= 0.6 is 31.3 Å². The molecule has 0 unspecified atom stereocenters. The van der Waals surface area contributed by atoms with Crippen LogP contribution in [0, 0.1) is 16.2 Å². The third-order valence-electron chi connectivity index (χ3n) is 6.44. The van der Waals surface area contributed by atoms with Gasteiger partial charge in [0.15, 0.2) is 16.0 Å². The molecule has 1 fully saturated rings. The van der Waals surface area contributed by atoms with Crippen LogP contribution < -0.4 is 5.73 Å². The Balaban J connectivity index is 1.63. The number of aromatic nitrogens is 3. The smallest absolute Gasteiger partial charge is 0.382 e. The van der Waals surface area contributed by atoms with Crippen molar-refractivity contribution in [3.63, 3.8) is 0 Å². The molecule has 0 radical (unpaired) electrons. The lowest BCUT2D eigenvalue weighted by molar-refractivity contribution is -0.118. The van der Waals surface area contributed by atoms with Gasteiger partial charge in [0.05, 0.1) is 25.3 Å². The molecule has 0 spiro atoms. The van der Waals surface area contributed by atoms with E-state index in [1.807, 2.05) is 47.7 Å². The van der Waals surface area contributed by atoms with Crippen LogP contribution in [0.3, 0.4) is 0 Å². The lowest BCUT2D eigenvalue weighted by atomic mass is 9.66. The highest BCUT2D eigenvalue weighted by Gasteiger charge is 2.41. The molecule has 1 aliphatic carbocycles. The predicted molar refractivity (Wildman–Crippen MR) is 158 cm³/mol. The lowest BCUT2D eigenvalue weighted by Gasteiger charge is -2.42. The van der Waals surface area contributed by atoms with Gasteiger partial charge in [-0.25, -0.2) is 14.5 Å². The molecule has 10 nitrogen and oxygen atoms in total. The van der Waals surface area contributed by atoms with Crippen molar-refractivity contribution in [2.75, 3.05) is 37.1 Å². The summed E-state index contributed by atoms with van der Waals surface area (Å²) >= 11 is 2.27. The molecule has 2 aromatic rings. The first-order valence-electron chi connectivity index (χ1n) is 13.1. The van der Waals surface area contributed by atoms with Crippen molar-refractivity contribution < 1.29 is 27.7 Å². The number of thioether (sulfide) groups is 2. The zero-order chi connectivity index (χ0) is 28.9. The maximum absolute atomic E-state index is 13.6. The Bertz CT molecular complexity index is 1170. The van der Waals surface area contributed by atoms with E-state index in [9.17, 15) is 14.2 Å². The number of hydrogen-bond donors (Lipinski definition) is 2. The number of carbonyl (C=O) groups excluding carboxylic acids is 2. The minimum atomic E-state index is -3.94. The molecule has 0 saturated heterocycles. The Labute approximate surface area is 239 Å². The highest BCUT2D eigenvalue weighted by Crippen LogP contribution is 2.54. The second-order valence-corrected chi connectivity index (χ2v) is 15.8. The molecule has 2 aromatic heterocycles. The molecule has 0 aromatic carbocycles. The van der Waals surface area contributed by atoms with Crippen LogP contribution in [0.4, 0.5) is 5.82 Å². The number of fused-ring (bicyclic) bond motifs is 1. The third-order valence-corrected chi connectivity index (χ3v) is 10.4. The molecule has 3 rings (SSSR count). The Morgan fingerprint density at radius 2 is 1.56 bits per heavy atom. The van der Waals surface area contributed by atoms with Gasteiger partial charge in [0.2, 0.25) is 0 Å². The molecule has 1 aliphatic rings. The average Bonchev–Trinajstić information content (AvgIpc) is 3.23. The monoisotopic (exact) mass is 600 g/mol. The first kappa shape index (κ1) is 32.1. The number of nitrogens with two attached hydrogens (primary N) is 1. The normalized spacial score (nSPS) is 15.8. The second-order valence-electron chi connectivity index (χ2n) is 12.0. The van der Waals surface area contributed by atoms with Gasteiger partial charge in [0.25, 0.3) is 0 Å². The molecule has 218 valence electrons. The van der Waals surface area contributed by atoms with Crippen LogP contribution in [-0.2, 0) is 34.1 Å². The number of phosphoric acid groups is 1. The summed E-state index contributed by atoms with van der Waals surface area (Å²) in [5, 5.41) is 0.0490. The molecule has 0 aliphatic heterocycles. The maximum atomic E-state index is 13.6. The van der Waals surface area contributed by atoms with Crippen LogP contribution in [0.5, 0.6) is 0 Å². The molecular weight excluding hydrogens is 559 g/mol. The van der Waals surface area contributed by atoms with Crippen LogP contribution in [0.2, 0.25) is 0 Å². The Kier molecular flexibility index (Phi) is 10.7. The van der Waals surface area contributed by atoms with Gasteiger partial charge >= 0.3 is 7.82 Å². The lowest BCUT2D eigenvalue weighted by Crippen LogP contribution is -2.36. The zero-order valence-corrected chi connectivity index (χ0v) is 26.2. The van der Waals surface area contributed by atoms with Crippen molar-refractivity contribution in [1.82, 2.24) is 15.0 Å². The fraction of sp³-hybridized carbons (Fsp3) is 0.692. The van der Waals surface area contributed by atoms with Crippen molar-refractivity contribution in [2.45, 2.75) is 67.2 Å². The Hall–Kier alpha value is -1.43. The second kappa shape index (κ2) is 13.0. The summed E-state index contributed by atoms with van der Waals surface area (Å²) < 4.78 is 30.9. The molecule has 1 saturated carbocycles. The predicted octanol–water partition coefficient (Wildman–Crippen LogP) is 6.02. The van der Waals surface area contributed by atoms with Crippen LogP contribution in [0.25, 0.3) is 11.0 Å². The number of aromatic amines is 1. The highest BCUT2D eigenvalue weighted by molar-refractivity contribution is 8.14. The molecule has 39 heavy (non-hydrogen) atoms. The Morgan fingerprint density at radius 3 is 2.05 bits per heavy atom. The van der Waals surface area contributed by atoms with Gasteiger partial charge < -0.3 is 10.7 Å². The van der Waals surface area contributed by atoms with E-state index in [-0.39, 0.29) is 35.5 Å². The molecule has 3 N–H and O–H groups in total. The molecular formula is C26H41N4O6PS2. The van der Waals surface area contributed by atoms with Gasteiger partial charge in [-0.05, 0) is 30.2 Å². The summed E-state index contributed by atoms with van der Waals surface area (Å²) in [4.78, 5) is 36.0. The summed E-state index contributed by atoms with van der Waals surface area (Å²) in [5.74, 6) is 1.04. The number of anilines is 1. The highest BCUT2D eigenvalue weighted by atomic mass is 32.2. The summed E-state index contributed by atoms with van der Waals surface area (Å²) in [6.45, 7) is 11.3. The van der Waals surface area contributed by atoms with Gasteiger partial charge in [-0.3, -0.25) is 23.2 Å². The van der Waals surface area contributed by atoms with Crippen molar-refractivity contribution in [1.29, 1.82) is 0 Å². The summed E-state index contributed by atoms with van der Waals surface area (Å²) in [6, 6.07) is 0. The molecule has 0 bridgehead atoms. The summed E-state index contributed by atoms with van der Waals surface area (Å²) in [5.41, 5.74) is 7.23. The number of nitrogens with one attached hydrogen (secondary N) is 1. The number of carbonyl (C=O) groups is 2. The minimum Gasteiger partial charge on any atom is -0.382 e. The average molecular weight is 601 g/mol. The first-order chi connectivity index (χ1) is 18.1. The largest absolute Gasteiger partial charge is 0.474 e. The minimum absolute atomic E-state index is 0.0245. The fourth-order valence-electron chi connectivity index (χ4n) is 3.93. The molecule has 0 atom stereocenters. The van der Waals surface area contributed by atoms with Crippen LogP contribution in [-0.4, -0.2) is 56.5 Å². The van der Waals surface area contributed by atoms with Crippen molar-refractivity contribution in [3.8, 4) is 0 Å². The standard InChI is InChI=1S/C26H41N4O6PS2/c1-24(2,3)22(31)38-12-10-34-37(33,35-11-13-39-23(32)25(4,5)6)36-16-26(8-7-9-26)14-18-15-28-20-19(18)29-17-30-21(20)27/h15,17,28H,7-14,16H2,1-6H3,(H2,27,29,30). The topological polar surface area (TPSA) is 146 Å². The third kappa shape index (κ3) is 9.03. The van der Waals surface area contributed by atoms with E-state index in [4.69, 9.17) is 19.3 Å². The zero-order valence-electron chi connectivity index (χ0n) is 23.7. The van der Waals surface area contributed by atoms with E-state index in [1.54, 1.807) is 0 Å². The van der Waals surface area contributed by atoms with E-state index in [1.165, 1.54) is 6.33 Å². The van der Waals surface area contributed by atoms with Crippen LogP contribution in [0.15, 0.2) is 12.5 Å². The number of H-pyrrole nitrogens is 1. The number of rotatable bonds is 13. The number of nitrogens with zero attached hydrogens (tertiary/aromatic N) is 2. The van der Waals surface area contributed by atoms with E-state index >= 15 is 0 Å². The molecule has 2 heterocycles. The van der Waals surface area contributed by atoms with Gasteiger partial charge in [-0.15, -0.1) is 0 Å². The van der Waals surface area contributed by atoms with E-state index in [0.29, 0.717) is 29.3 Å². The maximum Gasteiger partial charge on any atom is 0.474 e. The van der Waals surface area contributed by atoms with Crippen molar-refractivity contribution in [3.05, 3.63) is 18.1 Å².